The Morgan fingerprint density at radius 3 is 2.78 bits per heavy atom. The van der Waals surface area contributed by atoms with Crippen molar-refractivity contribution in [3.05, 3.63) is 52.3 Å². The lowest BCUT2D eigenvalue weighted by Crippen LogP contribution is -2.05. The number of nitrogen functional groups attached to an aromatic ring is 1. The average Bonchev–Trinajstić information content (AvgIpc) is 2.37. The standard InChI is InChI=1S/C11H11N5O2/c12-11-9(16(17)18)4-5-10(15-11)14-7-8-3-1-2-6-13-8/h1-6H,7H2,(H3,12,14,15). The van der Waals surface area contributed by atoms with Gasteiger partial charge in [-0.25, -0.2) is 4.98 Å². The summed E-state index contributed by atoms with van der Waals surface area (Å²) in [4.78, 5) is 18.0. The quantitative estimate of drug-likeness (QED) is 0.625. The lowest BCUT2D eigenvalue weighted by atomic mass is 10.3. The summed E-state index contributed by atoms with van der Waals surface area (Å²) in [5, 5.41) is 13.6. The molecule has 0 saturated heterocycles. The summed E-state index contributed by atoms with van der Waals surface area (Å²) < 4.78 is 0. The third-order valence-corrected chi connectivity index (χ3v) is 2.28. The first-order valence-corrected chi connectivity index (χ1v) is 5.21. The maximum Gasteiger partial charge on any atom is 0.311 e. The fourth-order valence-corrected chi connectivity index (χ4v) is 1.40. The van der Waals surface area contributed by atoms with Gasteiger partial charge in [-0.1, -0.05) is 6.07 Å². The highest BCUT2D eigenvalue weighted by molar-refractivity contribution is 5.57. The fourth-order valence-electron chi connectivity index (χ4n) is 1.40. The normalized spacial score (nSPS) is 10.0. The molecule has 0 unspecified atom stereocenters. The first kappa shape index (κ1) is 11.8. The van der Waals surface area contributed by atoms with E-state index in [2.05, 4.69) is 15.3 Å². The number of nitro groups is 1. The van der Waals surface area contributed by atoms with Crippen LogP contribution in [0.5, 0.6) is 0 Å². The van der Waals surface area contributed by atoms with Gasteiger partial charge >= 0.3 is 5.69 Å². The van der Waals surface area contributed by atoms with Gasteiger partial charge in [0.1, 0.15) is 5.82 Å². The number of anilines is 2. The van der Waals surface area contributed by atoms with Gasteiger partial charge in [0.05, 0.1) is 17.2 Å². The Labute approximate surface area is 103 Å². The van der Waals surface area contributed by atoms with E-state index in [1.54, 1.807) is 6.20 Å². The second-order valence-corrected chi connectivity index (χ2v) is 3.53. The summed E-state index contributed by atoms with van der Waals surface area (Å²) in [5.74, 6) is 0.370. The molecule has 0 aliphatic carbocycles. The molecule has 0 amide bonds. The largest absolute Gasteiger partial charge is 0.378 e. The molecule has 7 heteroatoms. The number of pyridine rings is 2. The molecule has 2 aromatic rings. The second kappa shape index (κ2) is 5.09. The fraction of sp³-hybridized carbons (Fsp3) is 0.0909. The lowest BCUT2D eigenvalue weighted by Gasteiger charge is -2.05. The van der Waals surface area contributed by atoms with E-state index >= 15 is 0 Å². The van der Waals surface area contributed by atoms with Crippen LogP contribution in [0, 0.1) is 10.1 Å². The second-order valence-electron chi connectivity index (χ2n) is 3.53. The SMILES string of the molecule is Nc1nc(NCc2ccccn2)ccc1[N+](=O)[O-]. The molecule has 0 fully saturated rings. The summed E-state index contributed by atoms with van der Waals surface area (Å²) in [7, 11) is 0. The number of nitrogens with zero attached hydrogens (tertiary/aromatic N) is 3. The number of nitrogens with two attached hydrogens (primary N) is 1. The molecule has 0 spiro atoms. The van der Waals surface area contributed by atoms with E-state index in [0.29, 0.717) is 12.4 Å². The highest BCUT2D eigenvalue weighted by Crippen LogP contribution is 2.20. The molecule has 0 aliphatic rings. The van der Waals surface area contributed by atoms with E-state index < -0.39 is 4.92 Å². The van der Waals surface area contributed by atoms with Crippen LogP contribution in [0.25, 0.3) is 0 Å². The summed E-state index contributed by atoms with van der Waals surface area (Å²) in [6.45, 7) is 0.477. The van der Waals surface area contributed by atoms with Gasteiger partial charge in [0, 0.05) is 12.3 Å². The Morgan fingerprint density at radius 2 is 2.17 bits per heavy atom. The average molecular weight is 245 g/mol. The van der Waals surface area contributed by atoms with Gasteiger partial charge in [-0.15, -0.1) is 0 Å². The molecular formula is C11H11N5O2. The summed E-state index contributed by atoms with van der Waals surface area (Å²) in [5.41, 5.74) is 6.13. The van der Waals surface area contributed by atoms with E-state index in [4.69, 9.17) is 5.73 Å². The van der Waals surface area contributed by atoms with Crippen molar-refractivity contribution in [2.45, 2.75) is 6.54 Å². The summed E-state index contributed by atoms with van der Waals surface area (Å²) >= 11 is 0. The molecule has 0 atom stereocenters. The van der Waals surface area contributed by atoms with Crippen LogP contribution in [-0.4, -0.2) is 14.9 Å². The van der Waals surface area contributed by atoms with Crippen LogP contribution in [0.1, 0.15) is 5.69 Å². The molecule has 0 aliphatic heterocycles. The Morgan fingerprint density at radius 1 is 1.33 bits per heavy atom. The molecule has 3 N–H and O–H groups in total. The Hall–Kier alpha value is -2.70. The van der Waals surface area contributed by atoms with Gasteiger partial charge in [-0.3, -0.25) is 15.1 Å². The molecule has 0 radical (unpaired) electrons. The van der Waals surface area contributed by atoms with Crippen molar-refractivity contribution in [1.29, 1.82) is 0 Å². The Balaban J connectivity index is 2.07. The molecule has 2 aromatic heterocycles. The van der Waals surface area contributed by atoms with Crippen LogP contribution < -0.4 is 11.1 Å². The van der Waals surface area contributed by atoms with Crippen LogP contribution in [0.15, 0.2) is 36.5 Å². The third kappa shape index (κ3) is 2.70. The van der Waals surface area contributed by atoms with Crippen molar-refractivity contribution in [3.8, 4) is 0 Å². The highest BCUT2D eigenvalue weighted by atomic mass is 16.6. The topological polar surface area (TPSA) is 107 Å². The third-order valence-electron chi connectivity index (χ3n) is 2.28. The molecule has 0 bridgehead atoms. The van der Waals surface area contributed by atoms with Crippen molar-refractivity contribution in [1.82, 2.24) is 9.97 Å². The number of rotatable bonds is 4. The molecule has 0 aromatic carbocycles. The van der Waals surface area contributed by atoms with Gasteiger partial charge in [0.2, 0.25) is 5.82 Å². The summed E-state index contributed by atoms with van der Waals surface area (Å²) in [6, 6.07) is 8.40. The minimum atomic E-state index is -0.565. The number of hydrogen-bond donors (Lipinski definition) is 2. The van der Waals surface area contributed by atoms with Gasteiger partial charge < -0.3 is 11.1 Å². The van der Waals surface area contributed by atoms with Crippen molar-refractivity contribution in [2.24, 2.45) is 0 Å². The van der Waals surface area contributed by atoms with Crippen LogP contribution in [0.3, 0.4) is 0 Å². The predicted molar refractivity (Wildman–Crippen MR) is 66.9 cm³/mol. The maximum atomic E-state index is 10.6. The van der Waals surface area contributed by atoms with Crippen molar-refractivity contribution in [3.63, 3.8) is 0 Å². The monoisotopic (exact) mass is 245 g/mol. The Bertz CT molecular complexity index is 559. The van der Waals surface area contributed by atoms with E-state index in [1.165, 1.54) is 12.1 Å². The summed E-state index contributed by atoms with van der Waals surface area (Å²) in [6.07, 6.45) is 1.69. The van der Waals surface area contributed by atoms with Crippen LogP contribution in [-0.2, 0) is 6.54 Å². The van der Waals surface area contributed by atoms with Crippen LogP contribution in [0.4, 0.5) is 17.3 Å². The Kier molecular flexibility index (Phi) is 3.33. The first-order valence-electron chi connectivity index (χ1n) is 5.21. The first-order chi connectivity index (χ1) is 8.66. The number of nitrogens with one attached hydrogen (secondary N) is 1. The minimum absolute atomic E-state index is 0.106. The van der Waals surface area contributed by atoms with Crippen LogP contribution >= 0.6 is 0 Å². The van der Waals surface area contributed by atoms with Crippen molar-refractivity contribution in [2.75, 3.05) is 11.1 Å². The zero-order valence-electron chi connectivity index (χ0n) is 9.41. The molecule has 2 rings (SSSR count). The smallest absolute Gasteiger partial charge is 0.311 e. The van der Waals surface area contributed by atoms with Crippen molar-refractivity contribution >= 4 is 17.3 Å². The van der Waals surface area contributed by atoms with E-state index in [-0.39, 0.29) is 11.5 Å². The van der Waals surface area contributed by atoms with Crippen molar-refractivity contribution < 1.29 is 4.92 Å². The van der Waals surface area contributed by atoms with Gasteiger partial charge in [-0.2, -0.15) is 0 Å². The number of hydrogen-bond acceptors (Lipinski definition) is 6. The molecule has 7 nitrogen and oxygen atoms in total. The van der Waals surface area contributed by atoms with Gasteiger partial charge in [0.25, 0.3) is 0 Å². The zero-order chi connectivity index (χ0) is 13.0. The van der Waals surface area contributed by atoms with Gasteiger partial charge in [0.15, 0.2) is 0 Å². The molecule has 18 heavy (non-hydrogen) atoms. The van der Waals surface area contributed by atoms with E-state index in [1.807, 2.05) is 18.2 Å². The zero-order valence-corrected chi connectivity index (χ0v) is 9.41. The molecule has 2 heterocycles. The minimum Gasteiger partial charge on any atom is -0.378 e. The lowest BCUT2D eigenvalue weighted by molar-refractivity contribution is -0.384. The molecule has 0 saturated carbocycles. The van der Waals surface area contributed by atoms with E-state index in [0.717, 1.165) is 5.69 Å². The predicted octanol–water partition coefficient (Wildman–Crippen LogP) is 1.58. The van der Waals surface area contributed by atoms with Gasteiger partial charge in [-0.05, 0) is 18.2 Å². The van der Waals surface area contributed by atoms with E-state index in [9.17, 15) is 10.1 Å². The molecular weight excluding hydrogens is 234 g/mol. The highest BCUT2D eigenvalue weighted by Gasteiger charge is 2.12. The maximum absolute atomic E-state index is 10.6. The number of aromatic nitrogens is 2. The van der Waals surface area contributed by atoms with Crippen LogP contribution in [0.2, 0.25) is 0 Å². The molecule has 92 valence electrons.